The number of hydroxylamine groups is 1. The molecule has 0 spiro atoms. The molecule has 1 saturated carbocycles. The number of aryl methyl sites for hydroxylation is 1. The number of nitrogens with zero attached hydrogens (tertiary/aromatic N) is 2. The van der Waals surface area contributed by atoms with E-state index in [1.807, 2.05) is 12.3 Å². The minimum atomic E-state index is -3.58. The Balaban J connectivity index is 1.27. The van der Waals surface area contributed by atoms with Gasteiger partial charge in [-0.05, 0) is 88.9 Å². The number of carbonyl (C=O) groups excluding carboxylic acids is 1. The first kappa shape index (κ1) is 28.0. The summed E-state index contributed by atoms with van der Waals surface area (Å²) in [5, 5.41) is 3.35. The number of sulfone groups is 1. The molecule has 4 fully saturated rings. The van der Waals surface area contributed by atoms with Gasteiger partial charge in [0.25, 0.3) is 0 Å². The fraction of sp³-hybridized carbons (Fsp3) is 0.786. The molecule has 3 saturated heterocycles. The summed E-state index contributed by atoms with van der Waals surface area (Å²) in [6.45, 7) is 5.35. The van der Waals surface area contributed by atoms with Gasteiger partial charge in [-0.2, -0.15) is 0 Å². The highest BCUT2D eigenvalue weighted by atomic mass is 32.2. The molecule has 1 amide bonds. The molecular formula is C28H44N4O5S. The van der Waals surface area contributed by atoms with Gasteiger partial charge in [-0.1, -0.05) is 19.4 Å². The van der Waals surface area contributed by atoms with Crippen molar-refractivity contribution in [3.05, 3.63) is 29.6 Å². The zero-order valence-electron chi connectivity index (χ0n) is 22.8. The summed E-state index contributed by atoms with van der Waals surface area (Å²) in [5.41, 5.74) is 4.46. The summed E-state index contributed by atoms with van der Waals surface area (Å²) in [5.74, 6) is -0.313. The lowest BCUT2D eigenvalue weighted by Gasteiger charge is -2.44. The molecule has 1 atom stereocenters. The van der Waals surface area contributed by atoms with E-state index in [-0.39, 0.29) is 18.1 Å². The van der Waals surface area contributed by atoms with Crippen molar-refractivity contribution in [1.82, 2.24) is 20.7 Å². The second-order valence-corrected chi connectivity index (χ2v) is 14.0. The van der Waals surface area contributed by atoms with Crippen LogP contribution < -0.4 is 10.8 Å². The van der Waals surface area contributed by atoms with E-state index in [0.29, 0.717) is 77.0 Å². The Morgan fingerprint density at radius 1 is 1.16 bits per heavy atom. The molecule has 4 heterocycles. The molecule has 2 N–H and O–H groups in total. The summed E-state index contributed by atoms with van der Waals surface area (Å²) in [6, 6.07) is 4.04. The van der Waals surface area contributed by atoms with Gasteiger partial charge in [-0.3, -0.25) is 14.7 Å². The van der Waals surface area contributed by atoms with Crippen LogP contribution in [-0.4, -0.2) is 68.2 Å². The van der Waals surface area contributed by atoms with Gasteiger partial charge in [0.15, 0.2) is 16.1 Å². The number of ether oxygens (including phenoxy) is 1. The van der Waals surface area contributed by atoms with Crippen LogP contribution in [0.15, 0.2) is 18.3 Å². The van der Waals surface area contributed by atoms with Crippen LogP contribution in [-0.2, 0) is 35.4 Å². The SMILES string of the molecule is CCCCc1ccc(C2(S(=O)(=O)C3(N4CCC(C(=O)NOC5CCCCO5)CC4)CC3)CCNCC2)nc1. The summed E-state index contributed by atoms with van der Waals surface area (Å²) in [7, 11) is -3.58. The zero-order valence-corrected chi connectivity index (χ0v) is 23.6. The maximum Gasteiger partial charge on any atom is 0.246 e. The van der Waals surface area contributed by atoms with Crippen LogP contribution in [0.3, 0.4) is 0 Å². The molecule has 1 aliphatic carbocycles. The molecular weight excluding hydrogens is 504 g/mol. The fourth-order valence-corrected chi connectivity index (χ4v) is 9.53. The third-order valence-corrected chi connectivity index (χ3v) is 12.4. The Kier molecular flexibility index (Phi) is 8.74. The molecule has 1 aromatic rings. The molecule has 0 bridgehead atoms. The number of piperidine rings is 2. The van der Waals surface area contributed by atoms with Crippen LogP contribution >= 0.6 is 0 Å². The van der Waals surface area contributed by atoms with E-state index in [9.17, 15) is 13.2 Å². The van der Waals surface area contributed by atoms with E-state index in [4.69, 9.17) is 14.6 Å². The third-order valence-electron chi connectivity index (χ3n) is 9.09. The van der Waals surface area contributed by atoms with Gasteiger partial charge in [0, 0.05) is 38.2 Å². The molecule has 5 rings (SSSR count). The molecule has 0 radical (unpaired) electrons. The number of amides is 1. The lowest BCUT2D eigenvalue weighted by molar-refractivity contribution is -0.202. The minimum Gasteiger partial charge on any atom is -0.350 e. The van der Waals surface area contributed by atoms with Crippen molar-refractivity contribution in [2.24, 2.45) is 5.92 Å². The van der Waals surface area contributed by atoms with E-state index in [1.54, 1.807) is 0 Å². The molecule has 9 nitrogen and oxygen atoms in total. The van der Waals surface area contributed by atoms with E-state index >= 15 is 0 Å². The smallest absolute Gasteiger partial charge is 0.246 e. The van der Waals surface area contributed by atoms with E-state index < -0.39 is 19.5 Å². The highest BCUT2D eigenvalue weighted by Crippen LogP contribution is 2.56. The number of hydrogen-bond acceptors (Lipinski definition) is 8. The number of aromatic nitrogens is 1. The molecule has 1 unspecified atom stereocenters. The van der Waals surface area contributed by atoms with Gasteiger partial charge in [0.2, 0.25) is 5.91 Å². The van der Waals surface area contributed by atoms with Gasteiger partial charge < -0.3 is 10.1 Å². The third kappa shape index (κ3) is 5.39. The Bertz CT molecular complexity index is 1040. The van der Waals surface area contributed by atoms with Crippen molar-refractivity contribution in [2.75, 3.05) is 32.8 Å². The summed E-state index contributed by atoms with van der Waals surface area (Å²) >= 11 is 0. The Morgan fingerprint density at radius 2 is 1.92 bits per heavy atom. The minimum absolute atomic E-state index is 0.131. The number of carbonyl (C=O) groups is 1. The number of nitrogens with one attached hydrogen (secondary N) is 2. The van der Waals surface area contributed by atoms with E-state index in [0.717, 1.165) is 44.1 Å². The largest absolute Gasteiger partial charge is 0.350 e. The van der Waals surface area contributed by atoms with Gasteiger partial charge >= 0.3 is 0 Å². The number of likely N-dealkylation sites (tertiary alicyclic amines) is 1. The molecule has 0 aromatic carbocycles. The summed E-state index contributed by atoms with van der Waals surface area (Å²) < 4.78 is 33.8. The molecule has 38 heavy (non-hydrogen) atoms. The molecule has 1 aromatic heterocycles. The van der Waals surface area contributed by atoms with Gasteiger partial charge in [0.1, 0.15) is 9.62 Å². The van der Waals surface area contributed by atoms with Crippen LogP contribution in [0.5, 0.6) is 0 Å². The lowest BCUT2D eigenvalue weighted by Crippen LogP contribution is -2.57. The average Bonchev–Trinajstić information content (AvgIpc) is 3.79. The first-order chi connectivity index (χ1) is 18.4. The Morgan fingerprint density at radius 3 is 2.53 bits per heavy atom. The normalized spacial score (nSPS) is 26.1. The van der Waals surface area contributed by atoms with Crippen molar-refractivity contribution in [3.8, 4) is 0 Å². The quantitative estimate of drug-likeness (QED) is 0.429. The van der Waals surface area contributed by atoms with Crippen molar-refractivity contribution in [2.45, 2.75) is 99.9 Å². The number of hydrogen-bond donors (Lipinski definition) is 2. The van der Waals surface area contributed by atoms with Gasteiger partial charge in [-0.25, -0.2) is 18.7 Å². The first-order valence-corrected chi connectivity index (χ1v) is 16.1. The van der Waals surface area contributed by atoms with Gasteiger partial charge in [0.05, 0.1) is 5.69 Å². The Hall–Kier alpha value is -1.59. The molecule has 212 valence electrons. The zero-order chi connectivity index (χ0) is 26.6. The summed E-state index contributed by atoms with van der Waals surface area (Å²) in [4.78, 5) is 24.3. The molecule has 10 heteroatoms. The van der Waals surface area contributed by atoms with E-state index in [2.05, 4.69) is 28.7 Å². The van der Waals surface area contributed by atoms with Crippen LogP contribution in [0.1, 0.15) is 88.8 Å². The second kappa shape index (κ2) is 11.9. The highest BCUT2D eigenvalue weighted by Gasteiger charge is 2.66. The number of pyridine rings is 1. The van der Waals surface area contributed by atoms with Crippen LogP contribution in [0.4, 0.5) is 0 Å². The second-order valence-electron chi connectivity index (χ2n) is 11.5. The van der Waals surface area contributed by atoms with E-state index in [1.165, 1.54) is 0 Å². The van der Waals surface area contributed by atoms with Crippen molar-refractivity contribution < 1.29 is 22.8 Å². The van der Waals surface area contributed by atoms with Crippen molar-refractivity contribution in [1.29, 1.82) is 0 Å². The predicted molar refractivity (Wildman–Crippen MR) is 145 cm³/mol. The van der Waals surface area contributed by atoms with Crippen LogP contribution in [0, 0.1) is 5.92 Å². The van der Waals surface area contributed by atoms with Crippen LogP contribution in [0.25, 0.3) is 0 Å². The maximum atomic E-state index is 14.6. The maximum absolute atomic E-state index is 14.6. The standard InChI is InChI=1S/C28H44N4O5S/c1-2-3-6-22-8-9-24(30-21-22)27(14-16-29-17-15-27)38(34,35)28(12-13-28)32-18-10-23(11-19-32)26(33)31-37-25-7-4-5-20-36-25/h8-9,21,23,25,29H,2-7,10-20H2,1H3,(H,31,33). The monoisotopic (exact) mass is 548 g/mol. The van der Waals surface area contributed by atoms with Crippen LogP contribution in [0.2, 0.25) is 0 Å². The predicted octanol–water partition coefficient (Wildman–Crippen LogP) is 3.19. The fourth-order valence-electron chi connectivity index (χ4n) is 6.50. The number of unbranched alkanes of at least 4 members (excludes halogenated alkanes) is 1. The van der Waals surface area contributed by atoms with Crippen molar-refractivity contribution in [3.63, 3.8) is 0 Å². The highest BCUT2D eigenvalue weighted by molar-refractivity contribution is 7.94. The molecule has 3 aliphatic heterocycles. The number of rotatable bonds is 10. The van der Waals surface area contributed by atoms with Gasteiger partial charge in [-0.15, -0.1) is 0 Å². The van der Waals surface area contributed by atoms with Crippen molar-refractivity contribution >= 4 is 15.7 Å². The first-order valence-electron chi connectivity index (χ1n) is 14.6. The Labute approximate surface area is 227 Å². The lowest BCUT2D eigenvalue weighted by atomic mass is 9.92. The molecule has 4 aliphatic rings. The average molecular weight is 549 g/mol. The summed E-state index contributed by atoms with van der Waals surface area (Å²) in [6.07, 6.45) is 11.2. The topological polar surface area (TPSA) is 110 Å².